The van der Waals surface area contributed by atoms with Crippen LogP contribution in [0, 0.1) is 0 Å². The van der Waals surface area contributed by atoms with E-state index in [1.807, 2.05) is 12.2 Å². The minimum Gasteiger partial charge on any atom is -0.462 e. The zero-order valence-electron chi connectivity index (χ0n) is 49.4. The molecule has 1 atom stereocenters. The molecule has 0 amide bonds. The predicted molar refractivity (Wildman–Crippen MR) is 334 cm³/mol. The summed E-state index contributed by atoms with van der Waals surface area (Å²) in [7, 11) is 0. The maximum absolute atomic E-state index is 12.9. The highest BCUT2D eigenvalue weighted by molar-refractivity contribution is 5.71. The largest absolute Gasteiger partial charge is 0.462 e. The van der Waals surface area contributed by atoms with Crippen molar-refractivity contribution in [3.63, 3.8) is 0 Å². The normalized spacial score (nSPS) is 13.2. The molecule has 0 aliphatic rings. The van der Waals surface area contributed by atoms with E-state index in [0.29, 0.717) is 19.3 Å². The monoisotopic (exact) mass is 1060 g/mol. The minimum absolute atomic E-state index is 0.124. The predicted octanol–water partition coefficient (Wildman–Crippen LogP) is 21.3. The van der Waals surface area contributed by atoms with Gasteiger partial charge >= 0.3 is 17.9 Å². The van der Waals surface area contributed by atoms with E-state index in [-0.39, 0.29) is 31.6 Å². The van der Waals surface area contributed by atoms with Gasteiger partial charge in [-0.25, -0.2) is 0 Å². The van der Waals surface area contributed by atoms with Gasteiger partial charge in [0, 0.05) is 19.3 Å². The van der Waals surface area contributed by atoms with E-state index in [4.69, 9.17) is 14.2 Å². The topological polar surface area (TPSA) is 78.9 Å². The molecule has 432 valence electrons. The fourth-order valence-electron chi connectivity index (χ4n) is 7.94. The van der Waals surface area contributed by atoms with Crippen LogP contribution in [-0.2, 0) is 28.6 Å². The van der Waals surface area contributed by atoms with Crippen molar-refractivity contribution in [2.75, 3.05) is 13.2 Å². The fraction of sp³-hybridized carbons (Fsp3) is 0.592. The number of carbonyl (C=O) groups excluding carboxylic acids is 3. The Kier molecular flexibility index (Phi) is 59.5. The lowest BCUT2D eigenvalue weighted by Gasteiger charge is -2.18. The number of hydrogen-bond acceptors (Lipinski definition) is 6. The average molecular weight is 1060 g/mol. The van der Waals surface area contributed by atoms with Gasteiger partial charge in [0.2, 0.25) is 0 Å². The second kappa shape index (κ2) is 63.6. The summed E-state index contributed by atoms with van der Waals surface area (Å²) in [6.45, 7) is 6.30. The van der Waals surface area contributed by atoms with Crippen LogP contribution in [0.15, 0.2) is 158 Å². The Morgan fingerprint density at radius 2 is 0.532 bits per heavy atom. The summed E-state index contributed by atoms with van der Waals surface area (Å²) in [4.78, 5) is 38.3. The van der Waals surface area contributed by atoms with Crippen molar-refractivity contribution < 1.29 is 28.6 Å². The molecule has 0 fully saturated rings. The molecule has 0 radical (unpaired) electrons. The van der Waals surface area contributed by atoms with Gasteiger partial charge in [0.05, 0.1) is 0 Å². The van der Waals surface area contributed by atoms with E-state index in [0.717, 1.165) is 135 Å². The molecule has 0 saturated heterocycles. The van der Waals surface area contributed by atoms with E-state index in [2.05, 4.69) is 167 Å². The first kappa shape index (κ1) is 72.0. The number of rotatable bonds is 54. The van der Waals surface area contributed by atoms with Crippen LogP contribution >= 0.6 is 0 Å². The Hall–Kier alpha value is -4.97. The molecule has 77 heavy (non-hydrogen) atoms. The van der Waals surface area contributed by atoms with Crippen molar-refractivity contribution in [3.05, 3.63) is 158 Å². The highest BCUT2D eigenvalue weighted by Crippen LogP contribution is 2.14. The molecule has 0 N–H and O–H groups in total. The summed E-state index contributed by atoms with van der Waals surface area (Å²) in [6, 6.07) is 0. The van der Waals surface area contributed by atoms with Crippen molar-refractivity contribution in [1.29, 1.82) is 0 Å². The molecule has 6 heteroatoms. The second-order valence-electron chi connectivity index (χ2n) is 19.8. The molecule has 0 saturated carbocycles. The summed E-state index contributed by atoms with van der Waals surface area (Å²) in [5, 5.41) is 0. The first-order valence-electron chi connectivity index (χ1n) is 31.0. The Labute approximate surface area is 473 Å². The molecule has 6 nitrogen and oxygen atoms in total. The third kappa shape index (κ3) is 61.8. The highest BCUT2D eigenvalue weighted by Gasteiger charge is 2.19. The van der Waals surface area contributed by atoms with Crippen LogP contribution in [-0.4, -0.2) is 37.2 Å². The SMILES string of the molecule is CC/C=C\C/C=C\C/C=C\C/C=C\C/C=C\C/C=C\CCC(=O)OC(COC(=O)CCCCCCCC/C=C\C/C=C\C/C=C\CCCCC)COC(=O)CCCCCCCCCC/C=C\C/C=C\C/C=C\C/C=C\CC. The molecule has 0 aromatic rings. The van der Waals surface area contributed by atoms with Crippen molar-refractivity contribution in [2.24, 2.45) is 0 Å². The maximum atomic E-state index is 12.9. The van der Waals surface area contributed by atoms with Crippen molar-refractivity contribution in [1.82, 2.24) is 0 Å². The van der Waals surface area contributed by atoms with E-state index in [9.17, 15) is 14.4 Å². The molecule has 0 spiro atoms. The smallest absolute Gasteiger partial charge is 0.306 e. The van der Waals surface area contributed by atoms with E-state index in [1.54, 1.807) is 0 Å². The molecular weight excluding hydrogens is 949 g/mol. The molecular formula is C71H112O6. The lowest BCUT2D eigenvalue weighted by molar-refractivity contribution is -0.166. The Morgan fingerprint density at radius 3 is 0.844 bits per heavy atom. The Morgan fingerprint density at radius 1 is 0.273 bits per heavy atom. The first-order valence-corrected chi connectivity index (χ1v) is 31.0. The fourth-order valence-corrected chi connectivity index (χ4v) is 7.94. The lowest BCUT2D eigenvalue weighted by atomic mass is 10.1. The molecule has 0 rings (SSSR count). The number of hydrogen-bond donors (Lipinski definition) is 0. The summed E-state index contributed by atoms with van der Waals surface area (Å²) >= 11 is 0. The number of carbonyl (C=O) groups is 3. The zero-order chi connectivity index (χ0) is 55.7. The van der Waals surface area contributed by atoms with Gasteiger partial charge in [-0.2, -0.15) is 0 Å². The second-order valence-corrected chi connectivity index (χ2v) is 19.8. The van der Waals surface area contributed by atoms with Crippen LogP contribution in [0.5, 0.6) is 0 Å². The molecule has 0 heterocycles. The van der Waals surface area contributed by atoms with Crippen molar-refractivity contribution >= 4 is 17.9 Å². The van der Waals surface area contributed by atoms with E-state index < -0.39 is 12.1 Å². The standard InChI is InChI=1S/C71H112O6/c1-4-7-10-13-16-19-22-25-28-31-34-35-38-40-43-46-49-52-55-58-61-64-70(73)76-67-68(77-71(74)65-62-59-56-53-50-47-44-41-37-33-30-27-24-21-18-15-12-9-6-3)66-75-69(72)63-60-57-54-51-48-45-42-39-36-32-29-26-23-20-17-14-11-8-5-2/h7,9-10,12,16-21,25-30,34-37,39,41,47,50,56,59,68H,4-6,8,11,13-15,22-24,31-33,38,40,42-46,48-49,51-55,57-58,60-67H2,1-3H3/b10-7-,12-9-,19-16-,20-17-,21-18-,28-25-,29-26-,30-27-,35-34-,39-36-,41-37-,50-47-,59-56-. The van der Waals surface area contributed by atoms with Crippen LogP contribution in [0.4, 0.5) is 0 Å². The van der Waals surface area contributed by atoms with Crippen molar-refractivity contribution in [3.8, 4) is 0 Å². The van der Waals surface area contributed by atoms with Crippen LogP contribution in [0.3, 0.4) is 0 Å². The van der Waals surface area contributed by atoms with Crippen LogP contribution in [0.2, 0.25) is 0 Å². The summed E-state index contributed by atoms with van der Waals surface area (Å²) in [5.74, 6) is -1.03. The quantitative estimate of drug-likeness (QED) is 0.0261. The number of esters is 3. The van der Waals surface area contributed by atoms with Gasteiger partial charge in [-0.15, -0.1) is 0 Å². The van der Waals surface area contributed by atoms with Crippen molar-refractivity contribution in [2.45, 2.75) is 258 Å². The average Bonchev–Trinajstić information content (AvgIpc) is 3.43. The molecule has 0 aliphatic carbocycles. The molecule has 0 bridgehead atoms. The lowest BCUT2D eigenvalue weighted by Crippen LogP contribution is -2.30. The van der Waals surface area contributed by atoms with Gasteiger partial charge in [-0.05, 0) is 135 Å². The van der Waals surface area contributed by atoms with Gasteiger partial charge in [-0.1, -0.05) is 256 Å². The van der Waals surface area contributed by atoms with Gasteiger partial charge in [0.1, 0.15) is 13.2 Å². The third-order valence-corrected chi connectivity index (χ3v) is 12.5. The molecule has 0 aromatic heterocycles. The molecule has 0 aliphatic heterocycles. The Bertz CT molecular complexity index is 1740. The van der Waals surface area contributed by atoms with Gasteiger partial charge < -0.3 is 14.2 Å². The van der Waals surface area contributed by atoms with Crippen LogP contribution in [0.25, 0.3) is 0 Å². The number of ether oxygens (including phenoxy) is 3. The first-order chi connectivity index (χ1) is 38.0. The minimum atomic E-state index is -0.837. The molecule has 0 aromatic carbocycles. The number of unbranched alkanes of at least 4 members (excludes halogenated alkanes) is 17. The van der Waals surface area contributed by atoms with Crippen LogP contribution in [0.1, 0.15) is 252 Å². The van der Waals surface area contributed by atoms with Crippen LogP contribution < -0.4 is 0 Å². The number of allylic oxidation sites excluding steroid dienone is 26. The van der Waals surface area contributed by atoms with Gasteiger partial charge in [0.25, 0.3) is 0 Å². The summed E-state index contributed by atoms with van der Waals surface area (Å²) in [6.07, 6.45) is 92.4. The third-order valence-electron chi connectivity index (χ3n) is 12.5. The van der Waals surface area contributed by atoms with Gasteiger partial charge in [-0.3, -0.25) is 14.4 Å². The summed E-state index contributed by atoms with van der Waals surface area (Å²) < 4.78 is 16.8. The highest BCUT2D eigenvalue weighted by atomic mass is 16.6. The zero-order valence-corrected chi connectivity index (χ0v) is 49.4. The van der Waals surface area contributed by atoms with Gasteiger partial charge in [0.15, 0.2) is 6.10 Å². The summed E-state index contributed by atoms with van der Waals surface area (Å²) in [5.41, 5.74) is 0. The maximum Gasteiger partial charge on any atom is 0.306 e. The molecule has 1 unspecified atom stereocenters. The van der Waals surface area contributed by atoms with E-state index in [1.165, 1.54) is 70.6 Å². The Balaban J connectivity index is 4.56. The van der Waals surface area contributed by atoms with E-state index >= 15 is 0 Å².